The molecule has 0 spiro atoms. The van der Waals surface area contributed by atoms with Crippen molar-refractivity contribution in [2.24, 2.45) is 0 Å². The first-order valence-corrected chi connectivity index (χ1v) is 16.2. The molecule has 2 heterocycles. The molecule has 43 heavy (non-hydrogen) atoms. The third-order valence-corrected chi connectivity index (χ3v) is 10.8. The molecule has 2 aromatic heterocycles. The SMILES string of the molecule is c1ccc(-c2ccc(N(c3ccc4ccccc4c3)c3cccc4sc5ccccc5c34)c3sc4ccccc4c23)cc1. The number of thiophene rings is 2. The van der Waals surface area contributed by atoms with E-state index in [0.29, 0.717) is 0 Å². The van der Waals surface area contributed by atoms with Gasteiger partial charge in [-0.15, -0.1) is 22.7 Å². The first-order valence-electron chi connectivity index (χ1n) is 14.5. The van der Waals surface area contributed by atoms with Gasteiger partial charge < -0.3 is 4.90 Å². The Hall–Kier alpha value is -4.96. The summed E-state index contributed by atoms with van der Waals surface area (Å²) in [5.41, 5.74) is 6.08. The summed E-state index contributed by atoms with van der Waals surface area (Å²) in [5, 5.41) is 7.71. The van der Waals surface area contributed by atoms with Gasteiger partial charge in [0.05, 0.1) is 16.1 Å². The van der Waals surface area contributed by atoms with Crippen LogP contribution in [0.2, 0.25) is 0 Å². The van der Waals surface area contributed by atoms with Crippen molar-refractivity contribution in [2.75, 3.05) is 4.90 Å². The lowest BCUT2D eigenvalue weighted by atomic mass is 9.98. The van der Waals surface area contributed by atoms with Crippen LogP contribution in [0, 0.1) is 0 Å². The number of benzene rings is 7. The van der Waals surface area contributed by atoms with Gasteiger partial charge in [0.15, 0.2) is 0 Å². The van der Waals surface area contributed by atoms with Crippen LogP contribution in [0.3, 0.4) is 0 Å². The average Bonchev–Trinajstić information content (AvgIpc) is 3.65. The molecule has 0 unspecified atom stereocenters. The Morgan fingerprint density at radius 3 is 1.93 bits per heavy atom. The largest absolute Gasteiger partial charge is 0.308 e. The smallest absolute Gasteiger partial charge is 0.0641 e. The van der Waals surface area contributed by atoms with Crippen LogP contribution in [0.1, 0.15) is 0 Å². The van der Waals surface area contributed by atoms with E-state index in [2.05, 4.69) is 157 Å². The molecule has 0 aliphatic carbocycles. The Kier molecular flexibility index (Phi) is 5.62. The minimum atomic E-state index is 1.16. The Balaban J connectivity index is 1.41. The van der Waals surface area contributed by atoms with Crippen LogP contribution in [0.5, 0.6) is 0 Å². The van der Waals surface area contributed by atoms with Crippen LogP contribution in [0.25, 0.3) is 62.2 Å². The summed E-state index contributed by atoms with van der Waals surface area (Å²) in [4.78, 5) is 2.50. The summed E-state index contributed by atoms with van der Waals surface area (Å²) in [6, 6.07) is 55.4. The Labute approximate surface area is 257 Å². The molecule has 0 atom stereocenters. The van der Waals surface area contributed by atoms with Gasteiger partial charge in [0.25, 0.3) is 0 Å². The number of rotatable bonds is 4. The van der Waals surface area contributed by atoms with E-state index in [1.54, 1.807) is 0 Å². The molecule has 9 aromatic rings. The van der Waals surface area contributed by atoms with Crippen LogP contribution in [0.15, 0.2) is 152 Å². The fraction of sp³-hybridized carbons (Fsp3) is 0. The molecule has 0 aliphatic rings. The second kappa shape index (κ2) is 9.81. The molecule has 0 amide bonds. The van der Waals surface area contributed by atoms with Gasteiger partial charge in [-0.25, -0.2) is 0 Å². The van der Waals surface area contributed by atoms with Crippen LogP contribution >= 0.6 is 22.7 Å². The Morgan fingerprint density at radius 1 is 0.419 bits per heavy atom. The lowest BCUT2D eigenvalue weighted by Crippen LogP contribution is -2.10. The maximum atomic E-state index is 2.50. The highest BCUT2D eigenvalue weighted by Gasteiger charge is 2.23. The van der Waals surface area contributed by atoms with Crippen molar-refractivity contribution >= 4 is 90.9 Å². The maximum Gasteiger partial charge on any atom is 0.0641 e. The standard InChI is InChI=1S/C40H25NS2/c1-2-12-27(13-3-1)30-23-24-34(40-38(30)31-15-6-9-19-36(31)43-40)41(29-22-21-26-11-4-5-14-28(26)25-29)33-17-10-20-37-39(33)32-16-7-8-18-35(32)42-37/h1-25H. The molecule has 0 radical (unpaired) electrons. The summed E-state index contributed by atoms with van der Waals surface area (Å²) in [6.45, 7) is 0. The Bertz CT molecular complexity index is 2470. The van der Waals surface area contributed by atoms with E-state index >= 15 is 0 Å². The van der Waals surface area contributed by atoms with Crippen LogP contribution < -0.4 is 4.90 Å². The highest BCUT2D eigenvalue weighted by molar-refractivity contribution is 7.26. The maximum absolute atomic E-state index is 2.50. The lowest BCUT2D eigenvalue weighted by Gasteiger charge is -2.28. The fourth-order valence-electron chi connectivity index (χ4n) is 6.51. The number of fused-ring (bicyclic) bond motifs is 7. The van der Waals surface area contributed by atoms with Crippen molar-refractivity contribution in [3.05, 3.63) is 152 Å². The predicted octanol–water partition coefficient (Wildman–Crippen LogP) is 12.7. The molecule has 0 saturated heterocycles. The zero-order chi connectivity index (χ0) is 28.3. The van der Waals surface area contributed by atoms with Gasteiger partial charge in [0.2, 0.25) is 0 Å². The van der Waals surface area contributed by atoms with E-state index in [1.165, 1.54) is 73.6 Å². The summed E-state index contributed by atoms with van der Waals surface area (Å²) < 4.78 is 5.22. The molecule has 9 rings (SSSR count). The average molecular weight is 584 g/mol. The van der Waals surface area contributed by atoms with Gasteiger partial charge in [-0.1, -0.05) is 109 Å². The number of hydrogen-bond donors (Lipinski definition) is 0. The van der Waals surface area contributed by atoms with Crippen molar-refractivity contribution in [1.82, 2.24) is 0 Å². The minimum Gasteiger partial charge on any atom is -0.308 e. The molecule has 0 N–H and O–H groups in total. The predicted molar refractivity (Wildman–Crippen MR) is 190 cm³/mol. The summed E-state index contributed by atoms with van der Waals surface area (Å²) in [7, 11) is 0. The molecule has 202 valence electrons. The van der Waals surface area contributed by atoms with Crippen molar-refractivity contribution < 1.29 is 0 Å². The second-order valence-corrected chi connectivity index (χ2v) is 13.1. The number of anilines is 3. The summed E-state index contributed by atoms with van der Waals surface area (Å²) >= 11 is 3.76. The molecule has 0 fully saturated rings. The quantitative estimate of drug-likeness (QED) is 0.199. The van der Waals surface area contributed by atoms with Crippen molar-refractivity contribution in [1.29, 1.82) is 0 Å². The molecule has 3 heteroatoms. The Morgan fingerprint density at radius 2 is 1.09 bits per heavy atom. The normalized spacial score (nSPS) is 11.7. The van der Waals surface area contributed by atoms with Crippen LogP contribution in [-0.4, -0.2) is 0 Å². The molecular weight excluding hydrogens is 559 g/mol. The minimum absolute atomic E-state index is 1.16. The topological polar surface area (TPSA) is 3.24 Å². The first-order chi connectivity index (χ1) is 21.3. The van der Waals surface area contributed by atoms with Crippen LogP contribution in [0.4, 0.5) is 17.1 Å². The van der Waals surface area contributed by atoms with Crippen molar-refractivity contribution in [3.63, 3.8) is 0 Å². The lowest BCUT2D eigenvalue weighted by molar-refractivity contribution is 1.33. The van der Waals surface area contributed by atoms with Gasteiger partial charge in [-0.2, -0.15) is 0 Å². The summed E-state index contributed by atoms with van der Waals surface area (Å²) in [5.74, 6) is 0. The van der Waals surface area contributed by atoms with Gasteiger partial charge in [0.1, 0.15) is 0 Å². The third kappa shape index (κ3) is 3.90. The number of nitrogens with zero attached hydrogens (tertiary/aromatic N) is 1. The molecule has 7 aromatic carbocycles. The van der Waals surface area contributed by atoms with Gasteiger partial charge in [-0.05, 0) is 64.4 Å². The van der Waals surface area contributed by atoms with E-state index in [4.69, 9.17) is 0 Å². The van der Waals surface area contributed by atoms with Crippen LogP contribution in [-0.2, 0) is 0 Å². The monoisotopic (exact) mass is 583 g/mol. The van der Waals surface area contributed by atoms with E-state index in [-0.39, 0.29) is 0 Å². The van der Waals surface area contributed by atoms with Crippen molar-refractivity contribution in [2.45, 2.75) is 0 Å². The number of hydrogen-bond acceptors (Lipinski definition) is 3. The zero-order valence-electron chi connectivity index (χ0n) is 23.2. The zero-order valence-corrected chi connectivity index (χ0v) is 24.8. The molecule has 0 bridgehead atoms. The second-order valence-electron chi connectivity index (χ2n) is 10.9. The molecule has 0 aliphatic heterocycles. The van der Waals surface area contributed by atoms with Gasteiger partial charge in [0, 0.05) is 41.3 Å². The molecular formula is C40H25NS2. The van der Waals surface area contributed by atoms with E-state index < -0.39 is 0 Å². The van der Waals surface area contributed by atoms with Gasteiger partial charge >= 0.3 is 0 Å². The molecule has 0 saturated carbocycles. The molecule has 1 nitrogen and oxygen atoms in total. The highest BCUT2D eigenvalue weighted by atomic mass is 32.1. The third-order valence-electron chi connectivity index (χ3n) is 8.44. The fourth-order valence-corrected chi connectivity index (χ4v) is 8.87. The van der Waals surface area contributed by atoms with E-state index in [9.17, 15) is 0 Å². The highest BCUT2D eigenvalue weighted by Crippen LogP contribution is 2.51. The van der Waals surface area contributed by atoms with Gasteiger partial charge in [-0.3, -0.25) is 0 Å². The van der Waals surface area contributed by atoms with Crippen molar-refractivity contribution in [3.8, 4) is 11.1 Å². The van der Waals surface area contributed by atoms with E-state index in [0.717, 1.165) is 5.69 Å². The summed E-state index contributed by atoms with van der Waals surface area (Å²) in [6.07, 6.45) is 0. The first kappa shape index (κ1) is 24.6. The van der Waals surface area contributed by atoms with E-state index in [1.807, 2.05) is 22.7 Å².